The Morgan fingerprint density at radius 1 is 1.00 bits per heavy atom. The van der Waals surface area contributed by atoms with E-state index in [-0.39, 0.29) is 22.7 Å². The number of rotatable bonds is 6. The molecular weight excluding hydrogens is 373 g/mol. The highest BCUT2D eigenvalue weighted by Crippen LogP contribution is 2.37. The molecule has 0 bridgehead atoms. The SMILES string of the molecule is N[C@@H](CNc1cc(-c2ccc(SC(F)(F)F)cc2)ncn1)c1ccccc1. The zero-order chi connectivity index (χ0) is 19.3. The van der Waals surface area contributed by atoms with Gasteiger partial charge in [0, 0.05) is 29.1 Å². The van der Waals surface area contributed by atoms with E-state index in [9.17, 15) is 13.2 Å². The first kappa shape index (κ1) is 19.2. The van der Waals surface area contributed by atoms with Crippen molar-refractivity contribution < 1.29 is 13.2 Å². The molecule has 1 atom stereocenters. The maximum Gasteiger partial charge on any atom is 0.446 e. The number of nitrogens with two attached hydrogens (primary N) is 1. The summed E-state index contributed by atoms with van der Waals surface area (Å²) < 4.78 is 37.2. The maximum atomic E-state index is 12.4. The second-order valence-corrected chi connectivity index (χ2v) is 6.90. The third-order valence-electron chi connectivity index (χ3n) is 3.78. The Morgan fingerprint density at radius 2 is 1.70 bits per heavy atom. The van der Waals surface area contributed by atoms with Crippen LogP contribution in [0.25, 0.3) is 11.3 Å². The molecule has 140 valence electrons. The van der Waals surface area contributed by atoms with Crippen molar-refractivity contribution >= 4 is 17.6 Å². The highest BCUT2D eigenvalue weighted by atomic mass is 32.2. The molecule has 3 aromatic rings. The fraction of sp³-hybridized carbons (Fsp3) is 0.158. The van der Waals surface area contributed by atoms with E-state index in [0.717, 1.165) is 5.56 Å². The van der Waals surface area contributed by atoms with Crippen LogP contribution in [0.2, 0.25) is 0 Å². The lowest BCUT2D eigenvalue weighted by Gasteiger charge is -2.14. The van der Waals surface area contributed by atoms with Gasteiger partial charge in [-0.15, -0.1) is 0 Å². The highest BCUT2D eigenvalue weighted by Gasteiger charge is 2.29. The molecule has 4 nitrogen and oxygen atoms in total. The van der Waals surface area contributed by atoms with Crippen LogP contribution < -0.4 is 11.1 Å². The first-order valence-corrected chi connectivity index (χ1v) is 8.95. The molecule has 0 aliphatic carbocycles. The Balaban J connectivity index is 1.66. The molecule has 0 saturated heterocycles. The third kappa shape index (κ3) is 5.70. The van der Waals surface area contributed by atoms with Crippen LogP contribution in [0.3, 0.4) is 0 Å². The predicted octanol–water partition coefficient (Wildman–Crippen LogP) is 4.87. The number of halogens is 3. The first-order chi connectivity index (χ1) is 12.9. The number of thioether (sulfide) groups is 1. The molecule has 0 unspecified atom stereocenters. The average Bonchev–Trinajstić information content (AvgIpc) is 2.66. The molecule has 27 heavy (non-hydrogen) atoms. The summed E-state index contributed by atoms with van der Waals surface area (Å²) in [6.45, 7) is 0.488. The van der Waals surface area contributed by atoms with Crippen molar-refractivity contribution in [3.63, 3.8) is 0 Å². The molecule has 0 fully saturated rings. The average molecular weight is 390 g/mol. The van der Waals surface area contributed by atoms with E-state index < -0.39 is 5.51 Å². The summed E-state index contributed by atoms with van der Waals surface area (Å²) in [6.07, 6.45) is 1.41. The van der Waals surface area contributed by atoms with Crippen LogP contribution in [0.1, 0.15) is 11.6 Å². The monoisotopic (exact) mass is 390 g/mol. The van der Waals surface area contributed by atoms with E-state index in [0.29, 0.717) is 23.6 Å². The molecule has 0 spiro atoms. The lowest BCUT2D eigenvalue weighted by molar-refractivity contribution is -0.0328. The number of aromatic nitrogens is 2. The smallest absolute Gasteiger partial charge is 0.368 e. The molecule has 3 rings (SSSR count). The van der Waals surface area contributed by atoms with Crippen LogP contribution in [0, 0.1) is 0 Å². The summed E-state index contributed by atoms with van der Waals surface area (Å²) in [6, 6.07) is 17.3. The normalized spacial score (nSPS) is 12.6. The summed E-state index contributed by atoms with van der Waals surface area (Å²) >= 11 is -0.142. The molecule has 2 aromatic carbocycles. The maximum absolute atomic E-state index is 12.4. The van der Waals surface area contributed by atoms with Gasteiger partial charge in [-0.25, -0.2) is 9.97 Å². The number of benzene rings is 2. The van der Waals surface area contributed by atoms with Crippen molar-refractivity contribution in [1.29, 1.82) is 0 Å². The summed E-state index contributed by atoms with van der Waals surface area (Å²) in [5, 5.41) is 3.17. The van der Waals surface area contributed by atoms with Crippen molar-refractivity contribution in [1.82, 2.24) is 9.97 Å². The van der Waals surface area contributed by atoms with E-state index >= 15 is 0 Å². The lowest BCUT2D eigenvalue weighted by atomic mass is 10.1. The fourth-order valence-corrected chi connectivity index (χ4v) is 3.01. The van der Waals surface area contributed by atoms with Crippen LogP contribution in [0.15, 0.2) is 71.9 Å². The number of anilines is 1. The zero-order valence-electron chi connectivity index (χ0n) is 14.1. The molecule has 0 saturated carbocycles. The summed E-state index contributed by atoms with van der Waals surface area (Å²) in [5.74, 6) is 0.597. The zero-order valence-corrected chi connectivity index (χ0v) is 15.0. The Hall–Kier alpha value is -2.58. The minimum atomic E-state index is -4.30. The van der Waals surface area contributed by atoms with Crippen molar-refractivity contribution in [3.8, 4) is 11.3 Å². The van der Waals surface area contributed by atoms with E-state index in [2.05, 4.69) is 15.3 Å². The van der Waals surface area contributed by atoms with Crippen LogP contribution in [0.4, 0.5) is 19.0 Å². The summed E-state index contributed by atoms with van der Waals surface area (Å²) in [4.78, 5) is 8.49. The first-order valence-electron chi connectivity index (χ1n) is 8.13. The third-order valence-corrected chi connectivity index (χ3v) is 4.52. The van der Waals surface area contributed by atoms with E-state index in [1.54, 1.807) is 18.2 Å². The molecule has 3 N–H and O–H groups in total. The molecule has 1 heterocycles. The number of hydrogen-bond donors (Lipinski definition) is 2. The summed E-state index contributed by atoms with van der Waals surface area (Å²) in [5.41, 5.74) is 4.19. The van der Waals surface area contributed by atoms with Crippen molar-refractivity contribution in [2.75, 3.05) is 11.9 Å². The van der Waals surface area contributed by atoms with Gasteiger partial charge in [-0.2, -0.15) is 13.2 Å². The largest absolute Gasteiger partial charge is 0.446 e. The predicted molar refractivity (Wildman–Crippen MR) is 101 cm³/mol. The topological polar surface area (TPSA) is 63.8 Å². The van der Waals surface area contributed by atoms with Gasteiger partial charge in [0.25, 0.3) is 0 Å². The molecular formula is C19H17F3N4S. The van der Waals surface area contributed by atoms with Gasteiger partial charge in [0.05, 0.1) is 5.69 Å². The highest BCUT2D eigenvalue weighted by molar-refractivity contribution is 8.00. The van der Waals surface area contributed by atoms with Crippen LogP contribution >= 0.6 is 11.8 Å². The summed E-state index contributed by atoms with van der Waals surface area (Å²) in [7, 11) is 0. The van der Waals surface area contributed by atoms with E-state index in [4.69, 9.17) is 5.73 Å². The Bertz CT molecular complexity index is 870. The molecule has 1 aromatic heterocycles. The van der Waals surface area contributed by atoms with Gasteiger partial charge < -0.3 is 11.1 Å². The van der Waals surface area contributed by atoms with Gasteiger partial charge in [-0.05, 0) is 29.5 Å². The minimum Gasteiger partial charge on any atom is -0.368 e. The second-order valence-electron chi connectivity index (χ2n) is 5.76. The Kier molecular flexibility index (Phi) is 5.98. The van der Waals surface area contributed by atoms with Crippen molar-refractivity contribution in [2.45, 2.75) is 16.4 Å². The number of nitrogens with zero attached hydrogens (tertiary/aromatic N) is 2. The molecule has 8 heteroatoms. The van der Waals surface area contributed by atoms with Gasteiger partial charge >= 0.3 is 5.51 Å². The second kappa shape index (κ2) is 8.41. The van der Waals surface area contributed by atoms with Crippen LogP contribution in [-0.4, -0.2) is 22.0 Å². The van der Waals surface area contributed by atoms with Crippen LogP contribution in [-0.2, 0) is 0 Å². The standard InChI is InChI=1S/C19H17F3N4S/c20-19(21,22)27-15-8-6-14(7-9-15)17-10-18(26-12-25-17)24-11-16(23)13-4-2-1-3-5-13/h1-10,12,16H,11,23H2,(H,24,25,26)/t16-/m0/s1. The van der Waals surface area contributed by atoms with Gasteiger partial charge in [-0.1, -0.05) is 42.5 Å². The van der Waals surface area contributed by atoms with E-state index in [1.165, 1.54) is 18.5 Å². The van der Waals surface area contributed by atoms with Crippen molar-refractivity contribution in [3.05, 3.63) is 72.6 Å². The molecule has 0 aliphatic heterocycles. The Morgan fingerprint density at radius 3 is 2.37 bits per heavy atom. The van der Waals surface area contributed by atoms with Crippen molar-refractivity contribution in [2.24, 2.45) is 5.73 Å². The number of alkyl halides is 3. The quantitative estimate of drug-likeness (QED) is 0.588. The van der Waals surface area contributed by atoms with Gasteiger partial charge in [-0.3, -0.25) is 0 Å². The van der Waals surface area contributed by atoms with Crippen LogP contribution in [0.5, 0.6) is 0 Å². The minimum absolute atomic E-state index is 0.132. The number of nitrogens with one attached hydrogen (secondary N) is 1. The van der Waals surface area contributed by atoms with E-state index in [1.807, 2.05) is 30.3 Å². The Labute approximate surface area is 159 Å². The lowest BCUT2D eigenvalue weighted by Crippen LogP contribution is -2.20. The fourth-order valence-electron chi connectivity index (χ4n) is 2.47. The van der Waals surface area contributed by atoms with Gasteiger partial charge in [0.1, 0.15) is 12.1 Å². The van der Waals surface area contributed by atoms with Gasteiger partial charge in [0.2, 0.25) is 0 Å². The number of hydrogen-bond acceptors (Lipinski definition) is 5. The molecule has 0 amide bonds. The molecule has 0 aliphatic rings. The van der Waals surface area contributed by atoms with Gasteiger partial charge in [0.15, 0.2) is 0 Å². The molecule has 0 radical (unpaired) electrons.